The summed E-state index contributed by atoms with van der Waals surface area (Å²) in [7, 11) is 0. The van der Waals surface area contributed by atoms with E-state index in [1.54, 1.807) is 24.3 Å². The lowest BCUT2D eigenvalue weighted by atomic mass is 10.1. The molecule has 0 radical (unpaired) electrons. The third kappa shape index (κ3) is 1.48. The fourth-order valence-corrected chi connectivity index (χ4v) is 2.16. The Morgan fingerprint density at radius 3 is 2.06 bits per heavy atom. The second-order valence-electron chi connectivity index (χ2n) is 4.98. The van der Waals surface area contributed by atoms with Crippen molar-refractivity contribution in [2.75, 3.05) is 6.54 Å². The number of fused-ring (bicyclic) bond motifs is 1. The lowest BCUT2D eigenvalue weighted by molar-refractivity contribution is 0.0642. The van der Waals surface area contributed by atoms with Crippen molar-refractivity contribution >= 4 is 11.8 Å². The maximum Gasteiger partial charge on any atom is 0.261 e. The fraction of sp³-hybridized carbons (Fsp3) is 0.385. The standard InChI is InChI=1S/C13H13NO3/c1-13(2)10(17-13)7-14-11(15)8-5-3-4-6-9(8)12(14)16/h3-6,10H,7H2,1-2H3. The van der Waals surface area contributed by atoms with E-state index < -0.39 is 0 Å². The third-order valence-corrected chi connectivity index (χ3v) is 3.39. The molecule has 4 heteroatoms. The average Bonchev–Trinajstić information content (AvgIpc) is 2.84. The zero-order valence-electron chi connectivity index (χ0n) is 9.77. The molecule has 2 heterocycles. The number of carbonyl (C=O) groups is 2. The zero-order valence-corrected chi connectivity index (χ0v) is 9.77. The molecule has 1 saturated heterocycles. The van der Waals surface area contributed by atoms with Crippen LogP contribution >= 0.6 is 0 Å². The Morgan fingerprint density at radius 2 is 1.65 bits per heavy atom. The Bertz CT molecular complexity index is 486. The van der Waals surface area contributed by atoms with Crippen LogP contribution in [-0.2, 0) is 4.74 Å². The monoisotopic (exact) mass is 231 g/mol. The van der Waals surface area contributed by atoms with Crippen LogP contribution in [0.5, 0.6) is 0 Å². The van der Waals surface area contributed by atoms with Crippen molar-refractivity contribution in [1.82, 2.24) is 4.90 Å². The van der Waals surface area contributed by atoms with Gasteiger partial charge >= 0.3 is 0 Å². The number of epoxide rings is 1. The van der Waals surface area contributed by atoms with E-state index in [2.05, 4.69) is 0 Å². The van der Waals surface area contributed by atoms with Crippen molar-refractivity contribution in [2.24, 2.45) is 0 Å². The predicted molar refractivity (Wildman–Crippen MR) is 60.8 cm³/mol. The van der Waals surface area contributed by atoms with E-state index in [0.717, 1.165) is 0 Å². The molecule has 1 atom stereocenters. The van der Waals surface area contributed by atoms with Crippen LogP contribution in [-0.4, -0.2) is 35.0 Å². The van der Waals surface area contributed by atoms with Gasteiger partial charge < -0.3 is 4.74 Å². The third-order valence-electron chi connectivity index (χ3n) is 3.39. The Morgan fingerprint density at radius 1 is 1.18 bits per heavy atom. The smallest absolute Gasteiger partial charge is 0.261 e. The van der Waals surface area contributed by atoms with Crippen LogP contribution in [0.15, 0.2) is 24.3 Å². The van der Waals surface area contributed by atoms with Crippen LogP contribution in [0.4, 0.5) is 0 Å². The number of hydrogen-bond donors (Lipinski definition) is 0. The fourth-order valence-electron chi connectivity index (χ4n) is 2.16. The summed E-state index contributed by atoms with van der Waals surface area (Å²) in [5.41, 5.74) is 0.780. The molecule has 0 aliphatic carbocycles. The van der Waals surface area contributed by atoms with Crippen molar-refractivity contribution in [3.8, 4) is 0 Å². The molecule has 4 nitrogen and oxygen atoms in total. The highest BCUT2D eigenvalue weighted by Crippen LogP contribution is 2.37. The molecular weight excluding hydrogens is 218 g/mol. The van der Waals surface area contributed by atoms with Crippen molar-refractivity contribution in [2.45, 2.75) is 25.6 Å². The molecule has 0 N–H and O–H groups in total. The molecule has 1 unspecified atom stereocenters. The van der Waals surface area contributed by atoms with Gasteiger partial charge in [-0.05, 0) is 26.0 Å². The van der Waals surface area contributed by atoms with Crippen LogP contribution in [0.1, 0.15) is 34.6 Å². The molecule has 3 rings (SSSR count). The number of carbonyl (C=O) groups excluding carboxylic acids is 2. The molecule has 2 aliphatic rings. The van der Waals surface area contributed by atoms with Gasteiger partial charge in [0.2, 0.25) is 0 Å². The van der Waals surface area contributed by atoms with Gasteiger partial charge in [-0.3, -0.25) is 14.5 Å². The van der Waals surface area contributed by atoms with E-state index >= 15 is 0 Å². The lowest BCUT2D eigenvalue weighted by Crippen LogP contribution is -2.34. The highest BCUT2D eigenvalue weighted by molar-refractivity contribution is 6.21. The topological polar surface area (TPSA) is 49.9 Å². The Balaban J connectivity index is 1.86. The molecule has 0 aromatic heterocycles. The quantitative estimate of drug-likeness (QED) is 0.572. The molecule has 0 saturated carbocycles. The molecule has 2 amide bonds. The second kappa shape index (κ2) is 3.17. The Labute approximate surface area is 99.2 Å². The number of rotatable bonds is 2. The maximum absolute atomic E-state index is 12.0. The molecule has 1 aromatic rings. The molecule has 0 spiro atoms. The van der Waals surface area contributed by atoms with Crippen molar-refractivity contribution in [3.63, 3.8) is 0 Å². The summed E-state index contributed by atoms with van der Waals surface area (Å²) in [6.07, 6.45) is -0.0373. The van der Waals surface area contributed by atoms with Crippen LogP contribution in [0, 0.1) is 0 Å². The SMILES string of the molecule is CC1(C)OC1CN1C(=O)c2ccccc2C1=O. The van der Waals surface area contributed by atoms with Gasteiger partial charge in [0.25, 0.3) is 11.8 Å². The highest BCUT2D eigenvalue weighted by atomic mass is 16.6. The van der Waals surface area contributed by atoms with Gasteiger partial charge in [0.1, 0.15) is 6.10 Å². The summed E-state index contributed by atoms with van der Waals surface area (Å²) in [6, 6.07) is 6.92. The van der Waals surface area contributed by atoms with Gasteiger partial charge in [0.05, 0.1) is 23.3 Å². The first-order chi connectivity index (χ1) is 8.00. The molecule has 1 fully saturated rings. The Hall–Kier alpha value is -1.68. The molecule has 2 aliphatic heterocycles. The first kappa shape index (κ1) is 10.5. The minimum Gasteiger partial charge on any atom is -0.365 e. The summed E-state index contributed by atoms with van der Waals surface area (Å²) in [5, 5.41) is 0. The van der Waals surface area contributed by atoms with Crippen LogP contribution in [0.25, 0.3) is 0 Å². The number of hydrogen-bond acceptors (Lipinski definition) is 3. The summed E-state index contributed by atoms with van der Waals surface area (Å²) in [6.45, 7) is 4.25. The first-order valence-electron chi connectivity index (χ1n) is 5.64. The van der Waals surface area contributed by atoms with E-state index in [4.69, 9.17) is 4.74 Å². The van der Waals surface area contributed by atoms with Gasteiger partial charge in [0.15, 0.2) is 0 Å². The van der Waals surface area contributed by atoms with Crippen molar-refractivity contribution in [1.29, 1.82) is 0 Å². The minimum absolute atomic E-state index is 0.0373. The van der Waals surface area contributed by atoms with E-state index in [0.29, 0.717) is 17.7 Å². The zero-order chi connectivity index (χ0) is 12.2. The summed E-state index contributed by atoms with van der Waals surface area (Å²) in [4.78, 5) is 25.3. The number of ether oxygens (including phenoxy) is 1. The Kier molecular flexibility index (Phi) is 1.95. The van der Waals surface area contributed by atoms with Gasteiger partial charge in [-0.25, -0.2) is 0 Å². The van der Waals surface area contributed by atoms with E-state index in [1.807, 2.05) is 13.8 Å². The van der Waals surface area contributed by atoms with Gasteiger partial charge in [0, 0.05) is 0 Å². The van der Waals surface area contributed by atoms with E-state index in [-0.39, 0.29) is 23.5 Å². The second-order valence-corrected chi connectivity index (χ2v) is 4.98. The van der Waals surface area contributed by atoms with Crippen LogP contribution in [0.2, 0.25) is 0 Å². The number of benzene rings is 1. The molecule has 1 aromatic carbocycles. The van der Waals surface area contributed by atoms with E-state index in [9.17, 15) is 9.59 Å². The van der Waals surface area contributed by atoms with Crippen molar-refractivity contribution < 1.29 is 14.3 Å². The van der Waals surface area contributed by atoms with Crippen molar-refractivity contribution in [3.05, 3.63) is 35.4 Å². The predicted octanol–water partition coefficient (Wildman–Crippen LogP) is 1.46. The largest absolute Gasteiger partial charge is 0.365 e. The summed E-state index contributed by atoms with van der Waals surface area (Å²) < 4.78 is 5.42. The van der Waals surface area contributed by atoms with Gasteiger partial charge in [-0.2, -0.15) is 0 Å². The van der Waals surface area contributed by atoms with Crippen LogP contribution in [0.3, 0.4) is 0 Å². The lowest BCUT2D eigenvalue weighted by Gasteiger charge is -2.12. The number of imide groups is 1. The minimum atomic E-state index is -0.213. The number of nitrogens with zero attached hydrogens (tertiary/aromatic N) is 1. The summed E-state index contributed by atoms with van der Waals surface area (Å²) in [5.74, 6) is -0.422. The number of amides is 2. The van der Waals surface area contributed by atoms with Gasteiger partial charge in [-0.1, -0.05) is 12.1 Å². The molecule has 17 heavy (non-hydrogen) atoms. The molecule has 0 bridgehead atoms. The summed E-state index contributed by atoms with van der Waals surface area (Å²) >= 11 is 0. The highest BCUT2D eigenvalue weighted by Gasteiger charge is 2.51. The normalized spacial score (nSPS) is 25.1. The maximum atomic E-state index is 12.0. The molecule has 88 valence electrons. The van der Waals surface area contributed by atoms with Crippen LogP contribution < -0.4 is 0 Å². The molecular formula is C13H13NO3. The van der Waals surface area contributed by atoms with E-state index in [1.165, 1.54) is 4.90 Å². The average molecular weight is 231 g/mol. The first-order valence-corrected chi connectivity index (χ1v) is 5.64. The van der Waals surface area contributed by atoms with Gasteiger partial charge in [-0.15, -0.1) is 0 Å².